The number of rotatable bonds is 6. The molecule has 0 aromatic heterocycles. The summed E-state index contributed by atoms with van der Waals surface area (Å²) in [7, 11) is 0. The number of amides is 2. The number of hydrogen-bond acceptors (Lipinski definition) is 6. The lowest BCUT2D eigenvalue weighted by atomic mass is 10.1. The van der Waals surface area contributed by atoms with Crippen molar-refractivity contribution in [2.75, 3.05) is 6.79 Å². The minimum atomic E-state index is -0.643. The van der Waals surface area contributed by atoms with Crippen LogP contribution >= 0.6 is 31.9 Å². The first-order chi connectivity index (χ1) is 16.4. The van der Waals surface area contributed by atoms with Gasteiger partial charge in [-0.2, -0.15) is 5.10 Å². The molecule has 0 aliphatic carbocycles. The van der Waals surface area contributed by atoms with E-state index >= 15 is 0 Å². The third-order valence-corrected chi connectivity index (χ3v) is 5.99. The van der Waals surface area contributed by atoms with Gasteiger partial charge in [-0.05, 0) is 64.0 Å². The molecular formula is C24H17Br2N3O5. The lowest BCUT2D eigenvalue weighted by Crippen LogP contribution is -2.32. The Morgan fingerprint density at radius 2 is 1.74 bits per heavy atom. The number of hydrazone groups is 1. The van der Waals surface area contributed by atoms with Crippen molar-refractivity contribution in [2.45, 2.75) is 0 Å². The molecule has 34 heavy (non-hydrogen) atoms. The molecular weight excluding hydrogens is 570 g/mol. The SMILES string of the molecule is O=C(N/N=C\c1cc(O)c(Br)cc1Br)/C(=C\c1ccc2c(c1)OCO2)NC(=O)c1ccccc1. The van der Waals surface area contributed by atoms with Crippen LogP contribution in [0.4, 0.5) is 0 Å². The summed E-state index contributed by atoms with van der Waals surface area (Å²) >= 11 is 6.59. The molecule has 3 aromatic rings. The number of phenols is 1. The van der Waals surface area contributed by atoms with Crippen LogP contribution in [0.15, 0.2) is 80.4 Å². The molecule has 3 aromatic carbocycles. The molecule has 8 nitrogen and oxygen atoms in total. The van der Waals surface area contributed by atoms with E-state index in [9.17, 15) is 14.7 Å². The van der Waals surface area contributed by atoms with Crippen LogP contribution in [0.5, 0.6) is 17.2 Å². The highest BCUT2D eigenvalue weighted by molar-refractivity contribution is 9.11. The van der Waals surface area contributed by atoms with Crippen LogP contribution in [0.3, 0.4) is 0 Å². The summed E-state index contributed by atoms with van der Waals surface area (Å²) < 4.78 is 11.9. The minimum absolute atomic E-state index is 0.0227. The third kappa shape index (κ3) is 5.64. The molecule has 0 bridgehead atoms. The number of benzene rings is 3. The van der Waals surface area contributed by atoms with Gasteiger partial charge in [-0.25, -0.2) is 5.43 Å². The van der Waals surface area contributed by atoms with Gasteiger partial charge >= 0.3 is 0 Å². The maximum atomic E-state index is 12.9. The van der Waals surface area contributed by atoms with Gasteiger partial charge in [-0.15, -0.1) is 0 Å². The van der Waals surface area contributed by atoms with Crippen LogP contribution in [0.2, 0.25) is 0 Å². The van der Waals surface area contributed by atoms with Gasteiger partial charge < -0.3 is 19.9 Å². The highest BCUT2D eigenvalue weighted by Crippen LogP contribution is 2.33. The van der Waals surface area contributed by atoms with E-state index in [1.54, 1.807) is 54.6 Å². The number of halogens is 2. The fourth-order valence-corrected chi connectivity index (χ4v) is 4.08. The largest absolute Gasteiger partial charge is 0.507 e. The Morgan fingerprint density at radius 1 is 0.971 bits per heavy atom. The number of phenolic OH excluding ortho intramolecular Hbond substituents is 1. The second-order valence-electron chi connectivity index (χ2n) is 7.02. The van der Waals surface area contributed by atoms with E-state index in [0.29, 0.717) is 37.1 Å². The van der Waals surface area contributed by atoms with Crippen molar-refractivity contribution in [3.63, 3.8) is 0 Å². The smallest absolute Gasteiger partial charge is 0.287 e. The summed E-state index contributed by atoms with van der Waals surface area (Å²) in [6.07, 6.45) is 2.88. The van der Waals surface area contributed by atoms with E-state index in [1.807, 2.05) is 0 Å². The molecule has 1 aliphatic rings. The van der Waals surface area contributed by atoms with E-state index in [4.69, 9.17) is 9.47 Å². The summed E-state index contributed by atoms with van der Waals surface area (Å²) in [5.41, 5.74) is 3.92. The minimum Gasteiger partial charge on any atom is -0.507 e. The van der Waals surface area contributed by atoms with E-state index in [1.165, 1.54) is 18.4 Å². The Kier molecular flexibility index (Phi) is 7.29. The molecule has 0 radical (unpaired) electrons. The summed E-state index contributed by atoms with van der Waals surface area (Å²) in [6.45, 7) is 0.122. The Bertz CT molecular complexity index is 1310. The number of carbonyl (C=O) groups excluding carboxylic acids is 2. The van der Waals surface area contributed by atoms with Crippen molar-refractivity contribution in [2.24, 2.45) is 5.10 Å². The zero-order valence-electron chi connectivity index (χ0n) is 17.4. The molecule has 0 saturated carbocycles. The zero-order valence-corrected chi connectivity index (χ0v) is 20.6. The molecule has 1 aliphatic heterocycles. The first-order valence-electron chi connectivity index (χ1n) is 9.90. The molecule has 3 N–H and O–H groups in total. The predicted molar refractivity (Wildman–Crippen MR) is 134 cm³/mol. The number of fused-ring (bicyclic) bond motifs is 1. The lowest BCUT2D eigenvalue weighted by Gasteiger charge is -2.09. The number of hydrogen-bond donors (Lipinski definition) is 3. The monoisotopic (exact) mass is 585 g/mol. The van der Waals surface area contributed by atoms with Gasteiger partial charge in [-0.1, -0.05) is 40.2 Å². The normalized spacial score (nSPS) is 12.6. The van der Waals surface area contributed by atoms with Crippen LogP contribution < -0.4 is 20.2 Å². The average Bonchev–Trinajstić information content (AvgIpc) is 3.30. The second-order valence-corrected chi connectivity index (χ2v) is 8.72. The number of ether oxygens (including phenoxy) is 2. The van der Waals surface area contributed by atoms with E-state index in [2.05, 4.69) is 47.7 Å². The molecule has 0 atom stereocenters. The molecule has 1 heterocycles. The molecule has 0 fully saturated rings. The maximum absolute atomic E-state index is 12.9. The number of nitrogens with one attached hydrogen (secondary N) is 2. The Balaban J connectivity index is 1.57. The van der Waals surface area contributed by atoms with Gasteiger partial charge in [0, 0.05) is 15.6 Å². The van der Waals surface area contributed by atoms with Gasteiger partial charge in [0.2, 0.25) is 6.79 Å². The predicted octanol–water partition coefficient (Wildman–Crippen LogP) is 4.57. The molecule has 172 valence electrons. The van der Waals surface area contributed by atoms with Crippen molar-refractivity contribution in [1.82, 2.24) is 10.7 Å². The average molecular weight is 587 g/mol. The zero-order chi connectivity index (χ0) is 24.1. The second kappa shape index (κ2) is 10.5. The molecule has 0 unspecified atom stereocenters. The fourth-order valence-electron chi connectivity index (χ4n) is 2.99. The van der Waals surface area contributed by atoms with Crippen molar-refractivity contribution >= 4 is 56.0 Å². The first-order valence-corrected chi connectivity index (χ1v) is 11.5. The highest BCUT2D eigenvalue weighted by Gasteiger charge is 2.17. The van der Waals surface area contributed by atoms with Crippen molar-refractivity contribution < 1.29 is 24.2 Å². The molecule has 10 heteroatoms. The van der Waals surface area contributed by atoms with Crippen LogP contribution in [0.1, 0.15) is 21.5 Å². The fraction of sp³-hybridized carbons (Fsp3) is 0.0417. The number of nitrogens with zero attached hydrogens (tertiary/aromatic N) is 1. The van der Waals surface area contributed by atoms with Crippen molar-refractivity contribution in [1.29, 1.82) is 0 Å². The summed E-state index contributed by atoms with van der Waals surface area (Å²) in [6, 6.07) is 16.8. The standard InChI is InChI=1S/C24H17Br2N3O5/c25-17-11-18(26)20(30)10-16(17)12-27-29-24(32)19(28-23(31)15-4-2-1-3-5-15)8-14-6-7-21-22(9-14)34-13-33-21/h1-12,30H,13H2,(H,28,31)(H,29,32)/b19-8+,27-12-. The quantitative estimate of drug-likeness (QED) is 0.223. The Labute approximate surface area is 211 Å². The van der Waals surface area contributed by atoms with Crippen LogP contribution in [0.25, 0.3) is 6.08 Å². The molecule has 0 spiro atoms. The summed E-state index contributed by atoms with van der Waals surface area (Å²) in [4.78, 5) is 25.6. The van der Waals surface area contributed by atoms with Gasteiger partial charge in [0.1, 0.15) is 11.4 Å². The highest BCUT2D eigenvalue weighted by atomic mass is 79.9. The Morgan fingerprint density at radius 3 is 2.53 bits per heavy atom. The topological polar surface area (TPSA) is 109 Å². The van der Waals surface area contributed by atoms with E-state index < -0.39 is 11.8 Å². The lowest BCUT2D eigenvalue weighted by molar-refractivity contribution is -0.117. The van der Waals surface area contributed by atoms with Gasteiger partial charge in [0.25, 0.3) is 11.8 Å². The van der Waals surface area contributed by atoms with Crippen LogP contribution in [0, 0.1) is 0 Å². The summed E-state index contributed by atoms with van der Waals surface area (Å²) in [5, 5.41) is 16.5. The molecule has 0 saturated heterocycles. The third-order valence-electron chi connectivity index (χ3n) is 4.67. The summed E-state index contributed by atoms with van der Waals surface area (Å²) in [5.74, 6) is 0.0719. The number of carbonyl (C=O) groups is 2. The van der Waals surface area contributed by atoms with Crippen LogP contribution in [-0.4, -0.2) is 29.9 Å². The maximum Gasteiger partial charge on any atom is 0.287 e. The first kappa shape index (κ1) is 23.5. The van der Waals surface area contributed by atoms with Gasteiger partial charge in [0.15, 0.2) is 11.5 Å². The Hall–Kier alpha value is -3.63. The van der Waals surface area contributed by atoms with Gasteiger partial charge in [0.05, 0.1) is 10.7 Å². The van der Waals surface area contributed by atoms with Gasteiger partial charge in [-0.3, -0.25) is 9.59 Å². The van der Waals surface area contributed by atoms with Crippen molar-refractivity contribution in [3.8, 4) is 17.2 Å². The number of aromatic hydroxyl groups is 1. The van der Waals surface area contributed by atoms with Crippen molar-refractivity contribution in [3.05, 3.63) is 92.0 Å². The molecule has 4 rings (SSSR count). The van der Waals surface area contributed by atoms with Crippen LogP contribution in [-0.2, 0) is 4.79 Å². The van der Waals surface area contributed by atoms with E-state index in [0.717, 1.165) is 0 Å². The molecule has 2 amide bonds. The van der Waals surface area contributed by atoms with E-state index in [-0.39, 0.29) is 18.2 Å².